The molecule has 1 aliphatic rings. The summed E-state index contributed by atoms with van der Waals surface area (Å²) in [5.74, 6) is -1.65. The minimum Gasteiger partial charge on any atom is -0.284 e. The number of hydroxylamine groups is 2. The number of anilines is 2. The van der Waals surface area contributed by atoms with E-state index in [9.17, 15) is 20.0 Å². The lowest BCUT2D eigenvalue weighted by Crippen LogP contribution is -2.35. The van der Waals surface area contributed by atoms with Crippen LogP contribution in [0.4, 0.5) is 11.4 Å². The Morgan fingerprint density at radius 2 is 1.32 bits per heavy atom. The van der Waals surface area contributed by atoms with Gasteiger partial charge in [-0.2, -0.15) is 0 Å². The first-order valence-electron chi connectivity index (χ1n) is 7.34. The molecule has 0 bridgehead atoms. The van der Waals surface area contributed by atoms with Gasteiger partial charge in [-0.3, -0.25) is 20.0 Å². The van der Waals surface area contributed by atoms with E-state index in [0.29, 0.717) is 10.8 Å². The number of fused-ring (bicyclic) bond motifs is 1. The van der Waals surface area contributed by atoms with E-state index < -0.39 is 11.8 Å². The molecule has 0 spiro atoms. The maximum atomic E-state index is 12.3. The predicted molar refractivity (Wildman–Crippen MR) is 88.3 cm³/mol. The highest BCUT2D eigenvalue weighted by molar-refractivity contribution is 6.02. The molecule has 0 atom stereocenters. The van der Waals surface area contributed by atoms with Crippen LogP contribution in [0.15, 0.2) is 76.2 Å². The fourth-order valence-electron chi connectivity index (χ4n) is 2.40. The number of carbonyl (C=O) groups is 2. The van der Waals surface area contributed by atoms with Gasteiger partial charge in [0.25, 0.3) is 5.91 Å². The number of rotatable bonds is 2. The summed E-state index contributed by atoms with van der Waals surface area (Å²) >= 11 is 0. The van der Waals surface area contributed by atoms with Crippen molar-refractivity contribution in [1.82, 2.24) is 0 Å². The van der Waals surface area contributed by atoms with Gasteiger partial charge in [-0.05, 0) is 31.2 Å². The molecule has 2 amide bonds. The van der Waals surface area contributed by atoms with E-state index in [1.165, 1.54) is 13.0 Å². The lowest BCUT2D eigenvalue weighted by molar-refractivity contribution is -0.115. The summed E-state index contributed by atoms with van der Waals surface area (Å²) in [6, 6.07) is 14.6. The number of hydrogen-bond acceptors (Lipinski definition) is 6. The van der Waals surface area contributed by atoms with Crippen LogP contribution in [-0.2, 0) is 4.79 Å². The summed E-state index contributed by atoms with van der Waals surface area (Å²) in [5.41, 5.74) is 0.534. The number of nitrogens with zero attached hydrogens (tertiary/aromatic N) is 4. The second-order valence-electron chi connectivity index (χ2n) is 5.22. The molecule has 0 unspecified atom stereocenters. The molecular formula is C17H14N4O4. The Morgan fingerprint density at radius 1 is 0.800 bits per heavy atom. The molecule has 2 N–H and O–H groups in total. The first kappa shape index (κ1) is 16.5. The third-order valence-corrected chi connectivity index (χ3v) is 3.67. The van der Waals surface area contributed by atoms with Crippen molar-refractivity contribution >= 4 is 23.2 Å². The summed E-state index contributed by atoms with van der Waals surface area (Å²) in [7, 11) is 0. The molecule has 0 aliphatic carbocycles. The Labute approximate surface area is 142 Å². The van der Waals surface area contributed by atoms with Gasteiger partial charge >= 0.3 is 5.91 Å². The first-order valence-corrected chi connectivity index (χ1v) is 7.34. The van der Waals surface area contributed by atoms with Crippen LogP contribution in [0, 0.1) is 0 Å². The van der Waals surface area contributed by atoms with Crippen molar-refractivity contribution in [3.63, 3.8) is 0 Å². The fourth-order valence-corrected chi connectivity index (χ4v) is 2.40. The van der Waals surface area contributed by atoms with Gasteiger partial charge in [0.05, 0.1) is 17.1 Å². The van der Waals surface area contributed by atoms with Gasteiger partial charge in [-0.25, -0.2) is 10.1 Å². The van der Waals surface area contributed by atoms with Crippen LogP contribution in [-0.4, -0.2) is 22.2 Å². The summed E-state index contributed by atoms with van der Waals surface area (Å²) < 4.78 is 0. The standard InChI is InChI=1S/C17H14N4O4/c1-11-15(21(25)14-10-6-5-9-13(14)20(11)24)17(23)19-18-16(22)12-7-3-2-4-8-12/h2-10,24-25H,1H3. The molecule has 2 aromatic carbocycles. The fraction of sp³-hybridized carbons (Fsp3) is 0.0588. The number of benzene rings is 2. The molecule has 0 saturated carbocycles. The third-order valence-electron chi connectivity index (χ3n) is 3.67. The number of azo groups is 1. The number of para-hydroxylation sites is 2. The molecule has 3 rings (SSSR count). The smallest absolute Gasteiger partial charge is 0.284 e. The highest BCUT2D eigenvalue weighted by Gasteiger charge is 2.31. The molecule has 0 fully saturated rings. The Hall–Kier alpha value is -3.36. The zero-order valence-corrected chi connectivity index (χ0v) is 13.2. The molecule has 8 nitrogen and oxygen atoms in total. The summed E-state index contributed by atoms with van der Waals surface area (Å²) in [5, 5.41) is 28.6. The highest BCUT2D eigenvalue weighted by atomic mass is 16.5. The Balaban J connectivity index is 1.88. The minimum atomic E-state index is -0.960. The Morgan fingerprint density at radius 3 is 1.96 bits per heavy atom. The van der Waals surface area contributed by atoms with E-state index in [1.54, 1.807) is 48.5 Å². The average Bonchev–Trinajstić information content (AvgIpc) is 2.65. The molecule has 1 heterocycles. The van der Waals surface area contributed by atoms with Crippen molar-refractivity contribution in [2.24, 2.45) is 10.2 Å². The monoisotopic (exact) mass is 338 g/mol. The summed E-state index contributed by atoms with van der Waals surface area (Å²) in [6.07, 6.45) is 0. The van der Waals surface area contributed by atoms with E-state index in [2.05, 4.69) is 10.2 Å². The second kappa shape index (κ2) is 6.63. The largest absolute Gasteiger partial charge is 0.316 e. The van der Waals surface area contributed by atoms with Crippen molar-refractivity contribution in [2.45, 2.75) is 6.92 Å². The van der Waals surface area contributed by atoms with Gasteiger partial charge in [-0.15, -0.1) is 10.2 Å². The molecule has 0 saturated heterocycles. The van der Waals surface area contributed by atoms with Crippen LogP contribution in [0.1, 0.15) is 17.3 Å². The van der Waals surface area contributed by atoms with Crippen molar-refractivity contribution in [3.8, 4) is 0 Å². The van der Waals surface area contributed by atoms with E-state index in [0.717, 1.165) is 5.06 Å². The van der Waals surface area contributed by atoms with Gasteiger partial charge in [0, 0.05) is 5.56 Å². The third kappa shape index (κ3) is 3.03. The Kier molecular flexibility index (Phi) is 4.38. The molecule has 126 valence electrons. The van der Waals surface area contributed by atoms with E-state index in [4.69, 9.17) is 0 Å². The number of amides is 2. The Bertz CT molecular complexity index is 893. The van der Waals surface area contributed by atoms with Crippen LogP contribution in [0.25, 0.3) is 0 Å². The molecule has 1 aliphatic heterocycles. The van der Waals surface area contributed by atoms with Gasteiger partial charge in [0.15, 0.2) is 5.70 Å². The second-order valence-corrected chi connectivity index (χ2v) is 5.22. The molecule has 25 heavy (non-hydrogen) atoms. The molecular weight excluding hydrogens is 324 g/mol. The van der Waals surface area contributed by atoms with Gasteiger partial charge in [-0.1, -0.05) is 30.3 Å². The van der Waals surface area contributed by atoms with Crippen LogP contribution in [0.5, 0.6) is 0 Å². The van der Waals surface area contributed by atoms with E-state index in [-0.39, 0.29) is 22.6 Å². The predicted octanol–water partition coefficient (Wildman–Crippen LogP) is 3.14. The van der Waals surface area contributed by atoms with Crippen molar-refractivity contribution in [3.05, 3.63) is 71.6 Å². The van der Waals surface area contributed by atoms with Gasteiger partial charge in [0.2, 0.25) is 0 Å². The van der Waals surface area contributed by atoms with Crippen molar-refractivity contribution in [2.75, 3.05) is 10.1 Å². The maximum Gasteiger partial charge on any atom is 0.316 e. The zero-order chi connectivity index (χ0) is 18.0. The molecule has 8 heteroatoms. The topological polar surface area (TPSA) is 106 Å². The quantitative estimate of drug-likeness (QED) is 0.815. The van der Waals surface area contributed by atoms with Crippen LogP contribution >= 0.6 is 0 Å². The summed E-state index contributed by atoms with van der Waals surface area (Å²) in [6.45, 7) is 1.43. The average molecular weight is 338 g/mol. The van der Waals surface area contributed by atoms with Gasteiger partial charge < -0.3 is 0 Å². The molecule has 0 radical (unpaired) electrons. The zero-order valence-electron chi connectivity index (χ0n) is 13.2. The number of hydrogen-bond donors (Lipinski definition) is 2. The van der Waals surface area contributed by atoms with E-state index >= 15 is 0 Å². The molecule has 0 aromatic heterocycles. The number of allylic oxidation sites excluding steroid dienone is 1. The SMILES string of the molecule is CC1=C(C(=O)N=NC(=O)c2ccccc2)N(O)c2ccccc2N1O. The molecule has 2 aromatic rings. The van der Waals surface area contributed by atoms with Crippen molar-refractivity contribution < 1.29 is 20.0 Å². The first-order chi connectivity index (χ1) is 12.0. The van der Waals surface area contributed by atoms with Crippen LogP contribution < -0.4 is 10.1 Å². The van der Waals surface area contributed by atoms with Crippen LogP contribution in [0.2, 0.25) is 0 Å². The summed E-state index contributed by atoms with van der Waals surface area (Å²) in [4.78, 5) is 24.2. The maximum absolute atomic E-state index is 12.3. The lowest BCUT2D eigenvalue weighted by atomic mass is 10.1. The lowest BCUT2D eigenvalue weighted by Gasteiger charge is -2.32. The minimum absolute atomic E-state index is 0.0531. The highest BCUT2D eigenvalue weighted by Crippen LogP contribution is 2.37. The number of carbonyl (C=O) groups excluding carboxylic acids is 2. The van der Waals surface area contributed by atoms with Crippen LogP contribution in [0.3, 0.4) is 0 Å². The normalized spacial score (nSPS) is 14.0. The van der Waals surface area contributed by atoms with Gasteiger partial charge in [0.1, 0.15) is 0 Å². The van der Waals surface area contributed by atoms with Crippen molar-refractivity contribution in [1.29, 1.82) is 0 Å². The van der Waals surface area contributed by atoms with E-state index in [1.807, 2.05) is 0 Å².